The molecule has 1 atom stereocenters. The van der Waals surface area contributed by atoms with Crippen molar-refractivity contribution >= 4 is 5.91 Å². The quantitative estimate of drug-likeness (QED) is 0.881. The van der Waals surface area contributed by atoms with Crippen LogP contribution >= 0.6 is 0 Å². The van der Waals surface area contributed by atoms with Crippen LogP contribution in [0.4, 0.5) is 0 Å². The third-order valence-electron chi connectivity index (χ3n) is 4.45. The molecule has 0 spiro atoms. The maximum atomic E-state index is 12.4. The van der Waals surface area contributed by atoms with Gasteiger partial charge in [0.2, 0.25) is 0 Å². The number of aliphatic hydroxyl groups is 1. The zero-order chi connectivity index (χ0) is 16.6. The third kappa shape index (κ3) is 3.12. The fourth-order valence-corrected chi connectivity index (χ4v) is 2.84. The number of aryl methyl sites for hydroxylation is 2. The van der Waals surface area contributed by atoms with Gasteiger partial charge in [0.15, 0.2) is 0 Å². The molecule has 1 unspecified atom stereocenters. The summed E-state index contributed by atoms with van der Waals surface area (Å²) in [5, 5.41) is 16.9. The first-order valence-electron chi connectivity index (χ1n) is 7.87. The Balaban J connectivity index is 1.76. The Morgan fingerprint density at radius 3 is 2.48 bits per heavy atom. The second-order valence-electron chi connectivity index (χ2n) is 6.47. The number of carbonyl (C=O) groups excluding carboxylic acids is 1. The van der Waals surface area contributed by atoms with E-state index in [0.29, 0.717) is 17.3 Å². The lowest BCUT2D eigenvalue weighted by molar-refractivity contribution is 0.0824. The van der Waals surface area contributed by atoms with Crippen LogP contribution in [0.2, 0.25) is 0 Å². The summed E-state index contributed by atoms with van der Waals surface area (Å²) < 4.78 is 1.75. The Morgan fingerprint density at radius 1 is 1.35 bits per heavy atom. The number of aromatic nitrogens is 3. The SMILES string of the molecule is Cc1nc(C)n(-c2ccc(C(=O)NC(C)(CO)C3CC3)cc2)n1. The first-order chi connectivity index (χ1) is 10.9. The van der Waals surface area contributed by atoms with Gasteiger partial charge in [-0.2, -0.15) is 5.10 Å². The summed E-state index contributed by atoms with van der Waals surface area (Å²) in [4.78, 5) is 16.7. The van der Waals surface area contributed by atoms with Crippen molar-refractivity contribution in [3.63, 3.8) is 0 Å². The molecule has 6 heteroatoms. The van der Waals surface area contributed by atoms with E-state index in [1.165, 1.54) is 0 Å². The van der Waals surface area contributed by atoms with Gasteiger partial charge in [-0.1, -0.05) is 0 Å². The van der Waals surface area contributed by atoms with Gasteiger partial charge in [-0.05, 0) is 63.8 Å². The van der Waals surface area contributed by atoms with Gasteiger partial charge in [0.25, 0.3) is 5.91 Å². The molecule has 1 aliphatic rings. The van der Waals surface area contributed by atoms with E-state index in [1.54, 1.807) is 16.8 Å². The number of rotatable bonds is 5. The topological polar surface area (TPSA) is 80.0 Å². The van der Waals surface area contributed by atoms with E-state index < -0.39 is 5.54 Å². The summed E-state index contributed by atoms with van der Waals surface area (Å²) in [5.41, 5.74) is 0.908. The van der Waals surface area contributed by atoms with Crippen LogP contribution in [0.1, 0.15) is 41.8 Å². The van der Waals surface area contributed by atoms with E-state index in [-0.39, 0.29) is 12.5 Å². The molecule has 0 bridgehead atoms. The van der Waals surface area contributed by atoms with Crippen molar-refractivity contribution in [3.05, 3.63) is 41.5 Å². The van der Waals surface area contributed by atoms with Gasteiger partial charge < -0.3 is 10.4 Å². The first-order valence-corrected chi connectivity index (χ1v) is 7.87. The molecule has 23 heavy (non-hydrogen) atoms. The Hall–Kier alpha value is -2.21. The third-order valence-corrected chi connectivity index (χ3v) is 4.45. The van der Waals surface area contributed by atoms with Crippen molar-refractivity contribution in [1.29, 1.82) is 0 Å². The van der Waals surface area contributed by atoms with E-state index in [4.69, 9.17) is 0 Å². The molecule has 1 aromatic heterocycles. The number of nitrogens with zero attached hydrogens (tertiary/aromatic N) is 3. The van der Waals surface area contributed by atoms with Gasteiger partial charge >= 0.3 is 0 Å². The lowest BCUT2D eigenvalue weighted by Gasteiger charge is -2.28. The number of benzene rings is 1. The average Bonchev–Trinajstić information content (AvgIpc) is 3.33. The number of carbonyl (C=O) groups is 1. The highest BCUT2D eigenvalue weighted by Crippen LogP contribution is 2.39. The van der Waals surface area contributed by atoms with E-state index in [2.05, 4.69) is 15.4 Å². The highest BCUT2D eigenvalue weighted by molar-refractivity contribution is 5.94. The van der Waals surface area contributed by atoms with Crippen LogP contribution < -0.4 is 5.32 Å². The number of amides is 1. The van der Waals surface area contributed by atoms with Crippen LogP contribution in [0.3, 0.4) is 0 Å². The maximum absolute atomic E-state index is 12.4. The number of nitrogens with one attached hydrogen (secondary N) is 1. The molecular weight excluding hydrogens is 292 g/mol. The second-order valence-corrected chi connectivity index (χ2v) is 6.47. The summed E-state index contributed by atoms with van der Waals surface area (Å²) in [5.74, 6) is 1.73. The molecule has 1 aromatic carbocycles. The van der Waals surface area contributed by atoms with Crippen LogP contribution in [0.25, 0.3) is 5.69 Å². The van der Waals surface area contributed by atoms with Gasteiger partial charge in [-0.25, -0.2) is 9.67 Å². The van der Waals surface area contributed by atoms with Gasteiger partial charge in [0.1, 0.15) is 11.6 Å². The highest BCUT2D eigenvalue weighted by Gasteiger charge is 2.42. The zero-order valence-corrected chi connectivity index (χ0v) is 13.7. The molecule has 6 nitrogen and oxygen atoms in total. The minimum absolute atomic E-state index is 0.0427. The van der Waals surface area contributed by atoms with Crippen LogP contribution in [-0.4, -0.2) is 37.9 Å². The summed E-state index contributed by atoms with van der Waals surface area (Å²) >= 11 is 0. The number of hydrogen-bond acceptors (Lipinski definition) is 4. The minimum atomic E-state index is -0.532. The smallest absolute Gasteiger partial charge is 0.251 e. The summed E-state index contributed by atoms with van der Waals surface area (Å²) in [6, 6.07) is 7.24. The summed E-state index contributed by atoms with van der Waals surface area (Å²) in [6.45, 7) is 5.60. The molecule has 1 amide bonds. The van der Waals surface area contributed by atoms with Crippen molar-refractivity contribution in [2.75, 3.05) is 6.61 Å². The van der Waals surface area contributed by atoms with Crippen molar-refractivity contribution < 1.29 is 9.90 Å². The fourth-order valence-electron chi connectivity index (χ4n) is 2.84. The van der Waals surface area contributed by atoms with E-state index in [9.17, 15) is 9.90 Å². The molecule has 3 rings (SSSR count). The molecule has 0 radical (unpaired) electrons. The van der Waals surface area contributed by atoms with Crippen molar-refractivity contribution in [3.8, 4) is 5.69 Å². The highest BCUT2D eigenvalue weighted by atomic mass is 16.3. The Labute approximate surface area is 135 Å². The Bertz CT molecular complexity index is 719. The molecule has 1 aliphatic carbocycles. The second kappa shape index (κ2) is 5.77. The van der Waals surface area contributed by atoms with Crippen LogP contribution in [-0.2, 0) is 0 Å². The Kier molecular flexibility index (Phi) is 3.93. The van der Waals surface area contributed by atoms with E-state index >= 15 is 0 Å². The molecule has 1 fully saturated rings. The van der Waals surface area contributed by atoms with Crippen LogP contribution in [0.5, 0.6) is 0 Å². The van der Waals surface area contributed by atoms with Gasteiger partial charge in [-0.15, -0.1) is 0 Å². The molecule has 0 saturated heterocycles. The molecule has 0 aliphatic heterocycles. The van der Waals surface area contributed by atoms with Gasteiger partial charge in [0.05, 0.1) is 17.8 Å². The molecule has 1 saturated carbocycles. The summed E-state index contributed by atoms with van der Waals surface area (Å²) in [6.07, 6.45) is 2.11. The van der Waals surface area contributed by atoms with Crippen molar-refractivity contribution in [1.82, 2.24) is 20.1 Å². The molecule has 122 valence electrons. The average molecular weight is 314 g/mol. The normalized spacial score (nSPS) is 16.9. The minimum Gasteiger partial charge on any atom is -0.394 e. The number of hydrogen-bond donors (Lipinski definition) is 2. The zero-order valence-electron chi connectivity index (χ0n) is 13.7. The monoisotopic (exact) mass is 314 g/mol. The van der Waals surface area contributed by atoms with Crippen LogP contribution in [0.15, 0.2) is 24.3 Å². The van der Waals surface area contributed by atoms with E-state index in [0.717, 1.165) is 24.4 Å². The van der Waals surface area contributed by atoms with E-state index in [1.807, 2.05) is 32.9 Å². The Morgan fingerprint density at radius 2 is 2.00 bits per heavy atom. The van der Waals surface area contributed by atoms with Crippen molar-refractivity contribution in [2.24, 2.45) is 5.92 Å². The lowest BCUT2D eigenvalue weighted by Crippen LogP contribution is -2.50. The number of aliphatic hydroxyl groups excluding tert-OH is 1. The maximum Gasteiger partial charge on any atom is 0.251 e. The predicted molar refractivity (Wildman–Crippen MR) is 86.5 cm³/mol. The first kappa shape index (κ1) is 15.7. The lowest BCUT2D eigenvalue weighted by atomic mass is 9.96. The molecular formula is C17H22N4O2. The fraction of sp³-hybridized carbons (Fsp3) is 0.471. The largest absolute Gasteiger partial charge is 0.394 e. The predicted octanol–water partition coefficient (Wildman–Crippen LogP) is 1.77. The molecule has 2 N–H and O–H groups in total. The van der Waals surface area contributed by atoms with Gasteiger partial charge in [0, 0.05) is 5.56 Å². The molecule has 1 heterocycles. The summed E-state index contributed by atoms with van der Waals surface area (Å²) in [7, 11) is 0. The standard InChI is InChI=1S/C17H22N4O2/c1-11-18-12(2)21(20-11)15-8-4-13(5-9-15)16(23)19-17(3,10-22)14-6-7-14/h4-5,8-9,14,22H,6-7,10H2,1-3H3,(H,19,23). The van der Waals surface area contributed by atoms with Crippen molar-refractivity contribution in [2.45, 2.75) is 39.2 Å². The van der Waals surface area contributed by atoms with Gasteiger partial charge in [-0.3, -0.25) is 4.79 Å². The molecule has 2 aromatic rings. The van der Waals surface area contributed by atoms with Crippen LogP contribution in [0, 0.1) is 19.8 Å².